The molecular formula is C13H15F3N2O3. The van der Waals surface area contributed by atoms with Crippen LogP contribution in [0, 0.1) is 0 Å². The number of nitrogens with zero attached hydrogens (tertiary/aromatic N) is 2. The molecule has 1 aliphatic heterocycles. The number of ether oxygens (including phenoxy) is 2. The van der Waals surface area contributed by atoms with E-state index in [1.807, 2.05) is 0 Å². The lowest BCUT2D eigenvalue weighted by Crippen LogP contribution is -2.44. The van der Waals surface area contributed by atoms with E-state index in [-0.39, 0.29) is 12.2 Å². The highest BCUT2D eigenvalue weighted by Crippen LogP contribution is 2.29. The number of morpholine rings is 1. The van der Waals surface area contributed by atoms with E-state index in [1.54, 1.807) is 4.90 Å². The third-order valence-electron chi connectivity index (χ3n) is 3.11. The fourth-order valence-corrected chi connectivity index (χ4v) is 2.08. The van der Waals surface area contributed by atoms with Crippen molar-refractivity contribution in [3.8, 4) is 0 Å². The van der Waals surface area contributed by atoms with Crippen LogP contribution in [-0.4, -0.2) is 43.9 Å². The first-order chi connectivity index (χ1) is 9.90. The van der Waals surface area contributed by atoms with Crippen molar-refractivity contribution in [1.29, 1.82) is 0 Å². The Hall–Kier alpha value is -1.83. The average molecular weight is 304 g/mol. The van der Waals surface area contributed by atoms with Crippen LogP contribution < -0.4 is 4.90 Å². The van der Waals surface area contributed by atoms with Crippen LogP contribution in [0.3, 0.4) is 0 Å². The summed E-state index contributed by atoms with van der Waals surface area (Å²) >= 11 is 0. The van der Waals surface area contributed by atoms with Crippen molar-refractivity contribution in [2.45, 2.75) is 18.7 Å². The van der Waals surface area contributed by atoms with Gasteiger partial charge in [0.2, 0.25) is 0 Å². The Bertz CT molecular complexity index is 508. The summed E-state index contributed by atoms with van der Waals surface area (Å²) in [6.45, 7) is 1.04. The molecule has 21 heavy (non-hydrogen) atoms. The molecule has 0 aromatic carbocycles. The molecule has 1 aromatic heterocycles. The quantitative estimate of drug-likeness (QED) is 0.798. The van der Waals surface area contributed by atoms with E-state index in [4.69, 9.17) is 4.74 Å². The number of methoxy groups -OCH3 is 1. The first-order valence-electron chi connectivity index (χ1n) is 6.38. The zero-order valence-electron chi connectivity index (χ0n) is 11.4. The van der Waals surface area contributed by atoms with Gasteiger partial charge in [-0.3, -0.25) is 4.79 Å². The van der Waals surface area contributed by atoms with E-state index in [9.17, 15) is 18.0 Å². The second-order valence-electron chi connectivity index (χ2n) is 4.60. The van der Waals surface area contributed by atoms with Gasteiger partial charge in [-0.2, -0.15) is 13.2 Å². The van der Waals surface area contributed by atoms with Gasteiger partial charge >= 0.3 is 12.1 Å². The van der Waals surface area contributed by atoms with Gasteiger partial charge in [-0.1, -0.05) is 6.07 Å². The number of anilines is 1. The lowest BCUT2D eigenvalue weighted by molar-refractivity contribution is -0.144. The summed E-state index contributed by atoms with van der Waals surface area (Å²) in [7, 11) is 1.28. The highest BCUT2D eigenvalue weighted by atomic mass is 19.4. The van der Waals surface area contributed by atoms with Crippen LogP contribution >= 0.6 is 0 Å². The van der Waals surface area contributed by atoms with E-state index in [1.165, 1.54) is 19.2 Å². The molecule has 0 bridgehead atoms. The van der Waals surface area contributed by atoms with Crippen molar-refractivity contribution in [3.63, 3.8) is 0 Å². The summed E-state index contributed by atoms with van der Waals surface area (Å²) in [5.41, 5.74) is -0.934. The predicted molar refractivity (Wildman–Crippen MR) is 67.8 cm³/mol. The standard InChI is InChI=1S/C13H15F3N2O3/c1-20-12(19)7-9-8-18(5-6-21-9)11-4-2-3-10(17-11)13(14,15)16/h2-4,9H,5-8H2,1H3. The molecule has 0 amide bonds. The molecule has 1 unspecified atom stereocenters. The first kappa shape index (κ1) is 15.6. The summed E-state index contributed by atoms with van der Waals surface area (Å²) in [5, 5.41) is 0. The van der Waals surface area contributed by atoms with Crippen LogP contribution in [0.5, 0.6) is 0 Å². The number of hydrogen-bond acceptors (Lipinski definition) is 5. The number of pyridine rings is 1. The molecule has 0 N–H and O–H groups in total. The predicted octanol–water partition coefficient (Wildman–Crippen LogP) is 1.87. The molecule has 1 aliphatic rings. The van der Waals surface area contributed by atoms with Crippen molar-refractivity contribution in [2.24, 2.45) is 0 Å². The fraction of sp³-hybridized carbons (Fsp3) is 0.538. The number of rotatable bonds is 3. The van der Waals surface area contributed by atoms with Crippen molar-refractivity contribution in [3.05, 3.63) is 23.9 Å². The maximum absolute atomic E-state index is 12.7. The Morgan fingerprint density at radius 3 is 2.95 bits per heavy atom. The Morgan fingerprint density at radius 2 is 2.29 bits per heavy atom. The molecule has 8 heteroatoms. The first-order valence-corrected chi connectivity index (χ1v) is 6.38. The monoisotopic (exact) mass is 304 g/mol. The number of esters is 1. The third kappa shape index (κ3) is 4.07. The zero-order valence-corrected chi connectivity index (χ0v) is 11.4. The maximum Gasteiger partial charge on any atom is 0.433 e. The highest BCUT2D eigenvalue weighted by molar-refractivity contribution is 5.69. The van der Waals surface area contributed by atoms with E-state index >= 15 is 0 Å². The summed E-state index contributed by atoms with van der Waals surface area (Å²) < 4.78 is 48.0. The number of carbonyl (C=O) groups is 1. The highest BCUT2D eigenvalue weighted by Gasteiger charge is 2.33. The van der Waals surface area contributed by atoms with Crippen molar-refractivity contribution < 1.29 is 27.4 Å². The summed E-state index contributed by atoms with van der Waals surface area (Å²) in [5.74, 6) is -0.193. The van der Waals surface area contributed by atoms with Gasteiger partial charge in [0.1, 0.15) is 11.5 Å². The molecule has 2 heterocycles. The van der Waals surface area contributed by atoms with Gasteiger partial charge in [-0.15, -0.1) is 0 Å². The number of aromatic nitrogens is 1. The Morgan fingerprint density at radius 1 is 1.52 bits per heavy atom. The molecule has 1 saturated heterocycles. The molecule has 1 fully saturated rings. The van der Waals surface area contributed by atoms with Crippen LogP contribution in [0.25, 0.3) is 0 Å². The maximum atomic E-state index is 12.7. The zero-order chi connectivity index (χ0) is 15.5. The van der Waals surface area contributed by atoms with Crippen molar-refractivity contribution >= 4 is 11.8 Å². The van der Waals surface area contributed by atoms with E-state index in [0.29, 0.717) is 19.7 Å². The minimum Gasteiger partial charge on any atom is -0.469 e. The normalized spacial score (nSPS) is 19.4. The van der Waals surface area contributed by atoms with Gasteiger partial charge < -0.3 is 14.4 Å². The fourth-order valence-electron chi connectivity index (χ4n) is 2.08. The lowest BCUT2D eigenvalue weighted by atomic mass is 10.2. The van der Waals surface area contributed by atoms with Gasteiger partial charge in [0.25, 0.3) is 0 Å². The average Bonchev–Trinajstić information content (AvgIpc) is 2.46. The molecule has 0 radical (unpaired) electrons. The topological polar surface area (TPSA) is 51.7 Å². The number of carbonyl (C=O) groups excluding carboxylic acids is 1. The van der Waals surface area contributed by atoms with E-state index in [2.05, 4.69) is 9.72 Å². The molecule has 0 spiro atoms. The molecular weight excluding hydrogens is 289 g/mol. The second kappa shape index (κ2) is 6.30. The number of halogens is 3. The third-order valence-corrected chi connectivity index (χ3v) is 3.11. The van der Waals surface area contributed by atoms with E-state index < -0.39 is 23.9 Å². The molecule has 0 aliphatic carbocycles. The number of alkyl halides is 3. The Kier molecular flexibility index (Phi) is 4.66. The van der Waals surface area contributed by atoms with Crippen LogP contribution in [0.2, 0.25) is 0 Å². The Balaban J connectivity index is 2.09. The van der Waals surface area contributed by atoms with Gasteiger partial charge in [0.05, 0.1) is 26.2 Å². The number of hydrogen-bond donors (Lipinski definition) is 0. The summed E-state index contributed by atoms with van der Waals surface area (Å²) in [4.78, 5) is 16.5. The van der Waals surface area contributed by atoms with Crippen LogP contribution in [0.1, 0.15) is 12.1 Å². The lowest BCUT2D eigenvalue weighted by Gasteiger charge is -2.33. The van der Waals surface area contributed by atoms with Gasteiger partial charge in [0, 0.05) is 13.1 Å². The SMILES string of the molecule is COC(=O)CC1CN(c2cccc(C(F)(F)F)n2)CCO1. The molecule has 1 aromatic rings. The second-order valence-corrected chi connectivity index (χ2v) is 4.60. The van der Waals surface area contributed by atoms with Crippen LogP contribution in [0.4, 0.5) is 19.0 Å². The Labute approximate surface area is 119 Å². The van der Waals surface area contributed by atoms with Crippen LogP contribution in [-0.2, 0) is 20.4 Å². The smallest absolute Gasteiger partial charge is 0.433 e. The van der Waals surface area contributed by atoms with Crippen molar-refractivity contribution in [2.75, 3.05) is 31.7 Å². The van der Waals surface area contributed by atoms with Crippen molar-refractivity contribution in [1.82, 2.24) is 4.98 Å². The molecule has 5 nitrogen and oxygen atoms in total. The van der Waals surface area contributed by atoms with E-state index in [0.717, 1.165) is 6.07 Å². The van der Waals surface area contributed by atoms with Gasteiger partial charge in [0.15, 0.2) is 0 Å². The molecule has 0 saturated carbocycles. The summed E-state index contributed by atoms with van der Waals surface area (Å²) in [6.07, 6.45) is -4.83. The van der Waals surface area contributed by atoms with Gasteiger partial charge in [-0.05, 0) is 12.1 Å². The molecule has 1 atom stereocenters. The largest absolute Gasteiger partial charge is 0.469 e. The molecule has 2 rings (SSSR count). The minimum absolute atomic E-state index is 0.0615. The molecule has 116 valence electrons. The summed E-state index contributed by atoms with van der Waals surface area (Å²) in [6, 6.07) is 3.75. The van der Waals surface area contributed by atoms with Gasteiger partial charge in [-0.25, -0.2) is 4.98 Å². The minimum atomic E-state index is -4.48. The van der Waals surface area contributed by atoms with Crippen LogP contribution in [0.15, 0.2) is 18.2 Å².